The van der Waals surface area contributed by atoms with Gasteiger partial charge in [-0.25, -0.2) is 4.68 Å². The lowest BCUT2D eigenvalue weighted by Crippen LogP contribution is -2.25. The van der Waals surface area contributed by atoms with Crippen LogP contribution < -0.4 is 5.73 Å². The molecule has 0 aliphatic carbocycles. The molecule has 2 aromatic rings. The Morgan fingerprint density at radius 2 is 2.00 bits per heavy atom. The van der Waals surface area contributed by atoms with Crippen molar-refractivity contribution in [2.45, 2.75) is 25.6 Å². The van der Waals surface area contributed by atoms with Gasteiger partial charge in [-0.3, -0.25) is 4.79 Å². The number of hydrogen-bond donors (Lipinski definition) is 2. The second kappa shape index (κ2) is 6.23. The number of halogens is 3. The SMILES string of the molecule is CC(n1nc(-c2ccc(CC(=O)O)cc2)c(C#N)c1N)C(F)(F)F. The zero-order valence-electron chi connectivity index (χ0n) is 12.5. The third kappa shape index (κ3) is 3.32. The van der Waals surface area contributed by atoms with Crippen LogP contribution in [0.25, 0.3) is 11.3 Å². The molecule has 0 aliphatic rings. The monoisotopic (exact) mass is 338 g/mol. The van der Waals surface area contributed by atoms with Gasteiger partial charge in [-0.15, -0.1) is 0 Å². The lowest BCUT2D eigenvalue weighted by atomic mass is 10.0. The minimum absolute atomic E-state index is 0.0213. The molecule has 1 aromatic carbocycles. The number of hydrogen-bond acceptors (Lipinski definition) is 4. The number of nitrogens with two attached hydrogens (primary N) is 1. The molecule has 9 heteroatoms. The zero-order chi connectivity index (χ0) is 18.1. The summed E-state index contributed by atoms with van der Waals surface area (Å²) in [6.45, 7) is 0.893. The van der Waals surface area contributed by atoms with E-state index in [0.717, 1.165) is 6.92 Å². The molecule has 1 atom stereocenters. The summed E-state index contributed by atoms with van der Waals surface area (Å²) in [5, 5.41) is 21.8. The summed E-state index contributed by atoms with van der Waals surface area (Å²) in [5.41, 5.74) is 6.40. The summed E-state index contributed by atoms with van der Waals surface area (Å²) in [6.07, 6.45) is -4.75. The number of carboxylic acid groups (broad SMARTS) is 1. The first-order valence-corrected chi connectivity index (χ1v) is 6.81. The summed E-state index contributed by atoms with van der Waals surface area (Å²) in [5.74, 6) is -1.38. The van der Waals surface area contributed by atoms with E-state index in [0.29, 0.717) is 15.8 Å². The van der Waals surface area contributed by atoms with Crippen molar-refractivity contribution in [3.05, 3.63) is 35.4 Å². The molecule has 0 fully saturated rings. The molecule has 0 saturated carbocycles. The maximum atomic E-state index is 12.9. The number of benzene rings is 1. The van der Waals surface area contributed by atoms with Crippen LogP contribution in [0.2, 0.25) is 0 Å². The molecule has 24 heavy (non-hydrogen) atoms. The number of nitriles is 1. The summed E-state index contributed by atoms with van der Waals surface area (Å²) in [6, 6.07) is 5.78. The Hall–Kier alpha value is -3.02. The molecule has 0 spiro atoms. The van der Waals surface area contributed by atoms with Gasteiger partial charge in [-0.1, -0.05) is 24.3 Å². The second-order valence-corrected chi connectivity index (χ2v) is 5.15. The van der Waals surface area contributed by atoms with Crippen molar-refractivity contribution in [2.24, 2.45) is 0 Å². The summed E-state index contributed by atoms with van der Waals surface area (Å²) >= 11 is 0. The van der Waals surface area contributed by atoms with Crippen molar-refractivity contribution in [3.8, 4) is 17.3 Å². The highest BCUT2D eigenvalue weighted by Gasteiger charge is 2.40. The second-order valence-electron chi connectivity index (χ2n) is 5.15. The van der Waals surface area contributed by atoms with Crippen LogP contribution in [0.3, 0.4) is 0 Å². The Bertz CT molecular complexity index is 804. The number of carboxylic acids is 1. The van der Waals surface area contributed by atoms with Crippen LogP contribution in [-0.4, -0.2) is 27.0 Å². The minimum atomic E-state index is -4.56. The van der Waals surface area contributed by atoms with Gasteiger partial charge in [0.25, 0.3) is 0 Å². The molecule has 126 valence electrons. The van der Waals surface area contributed by atoms with Gasteiger partial charge in [0.05, 0.1) is 6.42 Å². The number of nitrogen functional groups attached to an aromatic ring is 1. The smallest absolute Gasteiger partial charge is 0.410 e. The van der Waals surface area contributed by atoms with E-state index in [1.165, 1.54) is 24.3 Å². The first-order chi connectivity index (χ1) is 11.1. The molecule has 2 rings (SSSR count). The van der Waals surface area contributed by atoms with Crippen LogP contribution in [0.15, 0.2) is 24.3 Å². The van der Waals surface area contributed by atoms with Crippen molar-refractivity contribution in [3.63, 3.8) is 0 Å². The van der Waals surface area contributed by atoms with E-state index in [2.05, 4.69) is 5.10 Å². The molecule has 1 heterocycles. The number of aliphatic carboxylic acids is 1. The first kappa shape index (κ1) is 17.3. The van der Waals surface area contributed by atoms with E-state index < -0.39 is 18.2 Å². The van der Waals surface area contributed by atoms with E-state index in [4.69, 9.17) is 10.8 Å². The molecule has 0 aliphatic heterocycles. The molecule has 6 nitrogen and oxygen atoms in total. The zero-order valence-corrected chi connectivity index (χ0v) is 12.5. The highest BCUT2D eigenvalue weighted by molar-refractivity contribution is 5.74. The molecule has 0 radical (unpaired) electrons. The van der Waals surface area contributed by atoms with Gasteiger partial charge in [0, 0.05) is 5.56 Å². The van der Waals surface area contributed by atoms with Gasteiger partial charge < -0.3 is 10.8 Å². The average Bonchev–Trinajstić information content (AvgIpc) is 2.82. The Morgan fingerprint density at radius 1 is 1.42 bits per heavy atom. The van der Waals surface area contributed by atoms with Gasteiger partial charge in [-0.2, -0.15) is 23.5 Å². The fraction of sp³-hybridized carbons (Fsp3) is 0.267. The summed E-state index contributed by atoms with van der Waals surface area (Å²) in [7, 11) is 0. The Kier molecular flexibility index (Phi) is 4.50. The first-order valence-electron chi connectivity index (χ1n) is 6.81. The fourth-order valence-electron chi connectivity index (χ4n) is 2.15. The fourth-order valence-corrected chi connectivity index (χ4v) is 2.15. The van der Waals surface area contributed by atoms with Crippen LogP contribution in [0.5, 0.6) is 0 Å². The molecule has 0 amide bonds. The summed E-state index contributed by atoms with van der Waals surface area (Å²) in [4.78, 5) is 10.7. The Balaban J connectivity index is 2.48. The maximum absolute atomic E-state index is 12.9. The quantitative estimate of drug-likeness (QED) is 0.892. The minimum Gasteiger partial charge on any atom is -0.481 e. The van der Waals surface area contributed by atoms with Crippen molar-refractivity contribution in [1.29, 1.82) is 5.26 Å². The van der Waals surface area contributed by atoms with E-state index in [1.807, 2.05) is 0 Å². The Morgan fingerprint density at radius 3 is 2.46 bits per heavy atom. The number of alkyl halides is 3. The molecule has 1 aromatic heterocycles. The average molecular weight is 338 g/mol. The lowest BCUT2D eigenvalue weighted by Gasteiger charge is -2.16. The van der Waals surface area contributed by atoms with Gasteiger partial charge in [-0.05, 0) is 12.5 Å². The van der Waals surface area contributed by atoms with Crippen LogP contribution in [0, 0.1) is 11.3 Å². The highest BCUT2D eigenvalue weighted by atomic mass is 19.4. The van der Waals surface area contributed by atoms with E-state index in [-0.39, 0.29) is 23.5 Å². The predicted octanol–water partition coefficient (Wildman–Crippen LogP) is 2.75. The maximum Gasteiger partial charge on any atom is 0.410 e. The van der Waals surface area contributed by atoms with Crippen LogP contribution in [0.4, 0.5) is 19.0 Å². The van der Waals surface area contributed by atoms with Crippen molar-refractivity contribution >= 4 is 11.8 Å². The number of nitrogens with zero attached hydrogens (tertiary/aromatic N) is 3. The standard InChI is InChI=1S/C15H13F3N4O2/c1-8(15(16,17)18)22-14(20)11(7-19)13(21-22)10-4-2-9(3-5-10)6-12(23)24/h2-5,8H,6,20H2,1H3,(H,23,24). The Labute approximate surface area is 134 Å². The van der Waals surface area contributed by atoms with Crippen molar-refractivity contribution in [2.75, 3.05) is 5.73 Å². The largest absolute Gasteiger partial charge is 0.481 e. The van der Waals surface area contributed by atoms with E-state index in [1.54, 1.807) is 6.07 Å². The number of carbonyl (C=O) groups is 1. The van der Waals surface area contributed by atoms with Gasteiger partial charge in [0.1, 0.15) is 29.2 Å². The van der Waals surface area contributed by atoms with E-state index in [9.17, 15) is 23.2 Å². The highest BCUT2D eigenvalue weighted by Crippen LogP contribution is 2.35. The lowest BCUT2D eigenvalue weighted by molar-refractivity contribution is -0.164. The molecular formula is C15H13F3N4O2. The van der Waals surface area contributed by atoms with Crippen LogP contribution >= 0.6 is 0 Å². The van der Waals surface area contributed by atoms with E-state index >= 15 is 0 Å². The number of anilines is 1. The van der Waals surface area contributed by atoms with Crippen LogP contribution in [-0.2, 0) is 11.2 Å². The number of aromatic nitrogens is 2. The molecule has 0 bridgehead atoms. The third-order valence-electron chi connectivity index (χ3n) is 3.48. The molecule has 0 saturated heterocycles. The van der Waals surface area contributed by atoms with Gasteiger partial charge in [0.15, 0.2) is 0 Å². The van der Waals surface area contributed by atoms with Gasteiger partial charge >= 0.3 is 12.1 Å². The van der Waals surface area contributed by atoms with Crippen molar-refractivity contribution in [1.82, 2.24) is 9.78 Å². The van der Waals surface area contributed by atoms with Crippen molar-refractivity contribution < 1.29 is 23.1 Å². The molecule has 1 unspecified atom stereocenters. The summed E-state index contributed by atoms with van der Waals surface area (Å²) < 4.78 is 39.2. The van der Waals surface area contributed by atoms with Gasteiger partial charge in [0.2, 0.25) is 0 Å². The third-order valence-corrected chi connectivity index (χ3v) is 3.48. The molecular weight excluding hydrogens is 325 g/mol. The molecule has 3 N–H and O–H groups in total. The number of rotatable bonds is 4. The topological polar surface area (TPSA) is 105 Å². The normalized spacial score (nSPS) is 12.6. The predicted molar refractivity (Wildman–Crippen MR) is 78.9 cm³/mol. The van der Waals surface area contributed by atoms with Crippen LogP contribution in [0.1, 0.15) is 24.1 Å².